The highest BCUT2D eigenvalue weighted by Crippen LogP contribution is 2.10. The Hall–Kier alpha value is -0.940. The molecular formula is C13H22N2O2. The van der Waals surface area contributed by atoms with E-state index >= 15 is 0 Å². The zero-order chi connectivity index (χ0) is 12.7. The van der Waals surface area contributed by atoms with Gasteiger partial charge in [-0.15, -0.1) is 0 Å². The molecule has 1 unspecified atom stereocenters. The van der Waals surface area contributed by atoms with Crippen LogP contribution in [0.1, 0.15) is 18.1 Å². The zero-order valence-corrected chi connectivity index (χ0v) is 10.8. The number of benzene rings is 1. The minimum Gasteiger partial charge on any atom is -0.354 e. The molecule has 0 heterocycles. The van der Waals surface area contributed by atoms with E-state index in [1.54, 1.807) is 14.2 Å². The van der Waals surface area contributed by atoms with Crippen LogP contribution in [0.3, 0.4) is 0 Å². The van der Waals surface area contributed by atoms with Gasteiger partial charge in [-0.05, 0) is 24.0 Å². The van der Waals surface area contributed by atoms with E-state index in [0.29, 0.717) is 0 Å². The van der Waals surface area contributed by atoms with Gasteiger partial charge in [0.2, 0.25) is 0 Å². The van der Waals surface area contributed by atoms with E-state index in [2.05, 4.69) is 36.6 Å². The van der Waals surface area contributed by atoms with Gasteiger partial charge in [0, 0.05) is 14.2 Å². The summed E-state index contributed by atoms with van der Waals surface area (Å²) in [5, 5.41) is 0. The van der Waals surface area contributed by atoms with Crippen molar-refractivity contribution in [3.63, 3.8) is 0 Å². The topological polar surface area (TPSA) is 56.5 Å². The minimum atomic E-state index is -0.342. The fraction of sp³-hybridized carbons (Fsp3) is 0.538. The van der Waals surface area contributed by atoms with E-state index in [1.165, 1.54) is 11.1 Å². The lowest BCUT2D eigenvalue weighted by atomic mass is 10.0. The van der Waals surface area contributed by atoms with Gasteiger partial charge in [-0.25, -0.2) is 0 Å². The first-order valence-electron chi connectivity index (χ1n) is 5.84. The number of aryl methyl sites for hydroxylation is 1. The molecule has 0 aliphatic carbocycles. The van der Waals surface area contributed by atoms with Gasteiger partial charge in [-0.3, -0.25) is 11.3 Å². The third-order valence-corrected chi connectivity index (χ3v) is 2.89. The maximum atomic E-state index is 5.52. The Labute approximate surface area is 103 Å². The number of methoxy groups -OCH3 is 2. The molecule has 0 aliphatic rings. The summed E-state index contributed by atoms with van der Waals surface area (Å²) in [5.41, 5.74) is 5.28. The lowest BCUT2D eigenvalue weighted by Gasteiger charge is -2.24. The average molecular weight is 238 g/mol. The highest BCUT2D eigenvalue weighted by molar-refractivity contribution is 5.23. The van der Waals surface area contributed by atoms with Crippen LogP contribution in [0.25, 0.3) is 0 Å². The highest BCUT2D eigenvalue weighted by atomic mass is 16.7. The molecule has 1 atom stereocenters. The van der Waals surface area contributed by atoms with Crippen LogP contribution >= 0.6 is 0 Å². The minimum absolute atomic E-state index is 0.0579. The van der Waals surface area contributed by atoms with Gasteiger partial charge in [0.15, 0.2) is 6.29 Å². The predicted molar refractivity (Wildman–Crippen MR) is 68.4 cm³/mol. The molecule has 96 valence electrons. The third kappa shape index (κ3) is 4.09. The Morgan fingerprint density at radius 1 is 1.12 bits per heavy atom. The summed E-state index contributed by atoms with van der Waals surface area (Å²) in [6, 6.07) is 8.45. The molecule has 0 fully saturated rings. The fourth-order valence-corrected chi connectivity index (χ4v) is 1.82. The Morgan fingerprint density at radius 2 is 1.65 bits per heavy atom. The number of ether oxygens (including phenoxy) is 2. The molecule has 1 rings (SSSR count). The molecule has 1 aromatic rings. The summed E-state index contributed by atoms with van der Waals surface area (Å²) in [5.74, 6) is 5.52. The molecule has 0 aliphatic heterocycles. The predicted octanol–water partition coefficient (Wildman–Crippen LogP) is 1.24. The second-order valence-corrected chi connectivity index (χ2v) is 3.99. The Balaban J connectivity index is 2.66. The molecule has 0 spiro atoms. The first-order chi connectivity index (χ1) is 8.24. The first kappa shape index (κ1) is 14.1. The van der Waals surface area contributed by atoms with Gasteiger partial charge >= 0.3 is 0 Å². The molecule has 0 aromatic heterocycles. The van der Waals surface area contributed by atoms with Crippen LogP contribution < -0.4 is 11.3 Å². The standard InChI is InChI=1S/C13H22N2O2/c1-4-10-5-7-11(8-6-10)9-12(15-14)13(16-2)17-3/h5-8,12-13,15H,4,9,14H2,1-3H3. The summed E-state index contributed by atoms with van der Waals surface area (Å²) in [6.45, 7) is 2.14. The van der Waals surface area contributed by atoms with Gasteiger partial charge in [0.05, 0.1) is 6.04 Å². The van der Waals surface area contributed by atoms with Crippen LogP contribution in [-0.4, -0.2) is 26.6 Å². The summed E-state index contributed by atoms with van der Waals surface area (Å²) < 4.78 is 10.4. The second kappa shape index (κ2) is 7.40. The van der Waals surface area contributed by atoms with E-state index in [-0.39, 0.29) is 12.3 Å². The highest BCUT2D eigenvalue weighted by Gasteiger charge is 2.19. The van der Waals surface area contributed by atoms with E-state index in [0.717, 1.165) is 12.8 Å². The largest absolute Gasteiger partial charge is 0.354 e. The number of nitrogens with two attached hydrogens (primary N) is 1. The number of rotatable bonds is 7. The average Bonchev–Trinajstić information content (AvgIpc) is 2.39. The van der Waals surface area contributed by atoms with Crippen molar-refractivity contribution in [2.24, 2.45) is 5.84 Å². The molecule has 4 heteroatoms. The van der Waals surface area contributed by atoms with Crippen molar-refractivity contribution in [2.75, 3.05) is 14.2 Å². The Morgan fingerprint density at radius 3 is 2.06 bits per heavy atom. The first-order valence-corrected chi connectivity index (χ1v) is 5.84. The van der Waals surface area contributed by atoms with Crippen LogP contribution in [0.4, 0.5) is 0 Å². The molecule has 17 heavy (non-hydrogen) atoms. The lowest BCUT2D eigenvalue weighted by Crippen LogP contribution is -2.47. The summed E-state index contributed by atoms with van der Waals surface area (Å²) in [4.78, 5) is 0. The fourth-order valence-electron chi connectivity index (χ4n) is 1.82. The van der Waals surface area contributed by atoms with Gasteiger partial charge in [0.25, 0.3) is 0 Å². The van der Waals surface area contributed by atoms with E-state index in [4.69, 9.17) is 15.3 Å². The van der Waals surface area contributed by atoms with Crippen molar-refractivity contribution in [3.05, 3.63) is 35.4 Å². The van der Waals surface area contributed by atoms with E-state index in [9.17, 15) is 0 Å². The van der Waals surface area contributed by atoms with Crippen molar-refractivity contribution in [1.82, 2.24) is 5.43 Å². The quantitative estimate of drug-likeness (QED) is 0.426. The Kier molecular flexibility index (Phi) is 6.15. The molecule has 3 N–H and O–H groups in total. The van der Waals surface area contributed by atoms with Crippen molar-refractivity contribution < 1.29 is 9.47 Å². The number of hydrogen-bond donors (Lipinski definition) is 2. The molecule has 0 saturated heterocycles. The monoisotopic (exact) mass is 238 g/mol. The molecule has 0 amide bonds. The van der Waals surface area contributed by atoms with Crippen molar-refractivity contribution in [3.8, 4) is 0 Å². The normalized spacial score (nSPS) is 13.0. The van der Waals surface area contributed by atoms with E-state index in [1.807, 2.05) is 0 Å². The molecule has 4 nitrogen and oxygen atoms in total. The van der Waals surface area contributed by atoms with Crippen molar-refractivity contribution >= 4 is 0 Å². The van der Waals surface area contributed by atoms with Crippen LogP contribution in [0.5, 0.6) is 0 Å². The van der Waals surface area contributed by atoms with Gasteiger partial charge in [-0.1, -0.05) is 31.2 Å². The lowest BCUT2D eigenvalue weighted by molar-refractivity contribution is -0.122. The van der Waals surface area contributed by atoms with Crippen molar-refractivity contribution in [1.29, 1.82) is 0 Å². The zero-order valence-electron chi connectivity index (χ0n) is 10.8. The molecule has 0 saturated carbocycles. The molecule has 0 bridgehead atoms. The van der Waals surface area contributed by atoms with Gasteiger partial charge in [-0.2, -0.15) is 0 Å². The van der Waals surface area contributed by atoms with Gasteiger partial charge in [0.1, 0.15) is 0 Å². The maximum Gasteiger partial charge on any atom is 0.173 e. The molecular weight excluding hydrogens is 216 g/mol. The Bertz CT molecular complexity index is 310. The third-order valence-electron chi connectivity index (χ3n) is 2.89. The summed E-state index contributed by atoms with van der Waals surface area (Å²) in [7, 11) is 3.22. The summed E-state index contributed by atoms with van der Waals surface area (Å²) >= 11 is 0. The van der Waals surface area contributed by atoms with E-state index < -0.39 is 0 Å². The van der Waals surface area contributed by atoms with Crippen molar-refractivity contribution in [2.45, 2.75) is 32.1 Å². The summed E-state index contributed by atoms with van der Waals surface area (Å²) in [6.07, 6.45) is 1.48. The number of nitrogens with one attached hydrogen (secondary N) is 1. The smallest absolute Gasteiger partial charge is 0.173 e. The van der Waals surface area contributed by atoms with Crippen LogP contribution in [0, 0.1) is 0 Å². The van der Waals surface area contributed by atoms with Crippen LogP contribution in [0.15, 0.2) is 24.3 Å². The SMILES string of the molecule is CCc1ccc(CC(NN)C(OC)OC)cc1. The van der Waals surface area contributed by atoms with Crippen LogP contribution in [-0.2, 0) is 22.3 Å². The number of hydrogen-bond acceptors (Lipinski definition) is 4. The molecule has 0 radical (unpaired) electrons. The second-order valence-electron chi connectivity index (χ2n) is 3.99. The van der Waals surface area contributed by atoms with Gasteiger partial charge < -0.3 is 9.47 Å². The van der Waals surface area contributed by atoms with Crippen LogP contribution in [0.2, 0.25) is 0 Å². The molecule has 1 aromatic carbocycles. The maximum absolute atomic E-state index is 5.52. The number of hydrazine groups is 1.